The molecule has 1 saturated heterocycles. The number of nitrogens with zero attached hydrogens (tertiary/aromatic N) is 1. The molecule has 3 amide bonds. The Hall–Kier alpha value is -3.07. The van der Waals surface area contributed by atoms with Gasteiger partial charge in [0.25, 0.3) is 10.0 Å². The first kappa shape index (κ1) is 20.7. The molecule has 9 heteroatoms. The molecule has 1 fully saturated rings. The maximum atomic E-state index is 13.1. The molecule has 2 aromatic carbocycles. The third-order valence-electron chi connectivity index (χ3n) is 4.67. The third kappa shape index (κ3) is 4.19. The molecule has 0 bridgehead atoms. The van der Waals surface area contributed by atoms with Gasteiger partial charge in [-0.3, -0.25) is 5.32 Å². The lowest BCUT2D eigenvalue weighted by Gasteiger charge is -2.18. The molecular formula is C20H23N3O5S. The largest absolute Gasteiger partial charge is 0.450 e. The number of anilines is 1. The number of aryl methyl sites for hydroxylation is 2. The molecule has 0 radical (unpaired) electrons. The Bertz CT molecular complexity index is 1010. The summed E-state index contributed by atoms with van der Waals surface area (Å²) in [4.78, 5) is 24.1. The Morgan fingerprint density at radius 1 is 1.21 bits per heavy atom. The topological polar surface area (TPSA) is 105 Å². The second kappa shape index (κ2) is 8.12. The summed E-state index contributed by atoms with van der Waals surface area (Å²) in [7, 11) is -4.05. The number of amides is 3. The molecule has 2 N–H and O–H groups in total. The van der Waals surface area contributed by atoms with Crippen LogP contribution in [0.25, 0.3) is 0 Å². The van der Waals surface area contributed by atoms with Crippen LogP contribution in [0.4, 0.5) is 15.3 Å². The van der Waals surface area contributed by atoms with Gasteiger partial charge in [-0.05, 0) is 49.6 Å². The lowest BCUT2D eigenvalue weighted by atomic mass is 10.1. The summed E-state index contributed by atoms with van der Waals surface area (Å²) in [5.74, 6) is 0. The second-order valence-electron chi connectivity index (χ2n) is 6.73. The lowest BCUT2D eigenvalue weighted by molar-refractivity contribution is 0.168. The molecule has 0 unspecified atom stereocenters. The van der Waals surface area contributed by atoms with E-state index in [1.807, 2.05) is 30.3 Å². The van der Waals surface area contributed by atoms with Gasteiger partial charge in [-0.2, -0.15) is 0 Å². The van der Waals surface area contributed by atoms with Crippen LogP contribution in [0.15, 0.2) is 47.4 Å². The number of ether oxygens (including phenoxy) is 1. The molecule has 3 rings (SSSR count). The zero-order valence-electron chi connectivity index (χ0n) is 16.4. The maximum Gasteiger partial charge on any atom is 0.411 e. The Balaban J connectivity index is 1.88. The number of carbonyl (C=O) groups excluding carboxylic acids is 2. The monoisotopic (exact) mass is 417 g/mol. The van der Waals surface area contributed by atoms with Crippen LogP contribution in [0.2, 0.25) is 0 Å². The highest BCUT2D eigenvalue weighted by Gasteiger charge is 2.39. The molecule has 1 heterocycles. The normalized spacial score (nSPS) is 16.4. The number of rotatable bonds is 5. The molecule has 0 aromatic heterocycles. The van der Waals surface area contributed by atoms with Crippen LogP contribution >= 0.6 is 0 Å². The van der Waals surface area contributed by atoms with Crippen LogP contribution in [-0.4, -0.2) is 38.0 Å². The number of hydrogen-bond donors (Lipinski definition) is 2. The van der Waals surface area contributed by atoms with Crippen molar-refractivity contribution >= 4 is 27.8 Å². The molecule has 1 aliphatic rings. The summed E-state index contributed by atoms with van der Waals surface area (Å²) in [6.07, 6.45) is -0.612. The third-order valence-corrected chi connectivity index (χ3v) is 6.40. The molecule has 1 atom stereocenters. The van der Waals surface area contributed by atoms with Crippen LogP contribution in [0.1, 0.15) is 29.7 Å². The van der Waals surface area contributed by atoms with Crippen LogP contribution in [0.5, 0.6) is 0 Å². The molecular weight excluding hydrogens is 394 g/mol. The van der Waals surface area contributed by atoms with Crippen molar-refractivity contribution in [1.29, 1.82) is 0 Å². The first-order chi connectivity index (χ1) is 13.7. The first-order valence-corrected chi connectivity index (χ1v) is 10.6. The van der Waals surface area contributed by atoms with Gasteiger partial charge in [-0.1, -0.05) is 30.3 Å². The Kier molecular flexibility index (Phi) is 5.78. The van der Waals surface area contributed by atoms with E-state index in [2.05, 4.69) is 10.6 Å². The van der Waals surface area contributed by atoms with Crippen LogP contribution < -0.4 is 10.6 Å². The van der Waals surface area contributed by atoms with Gasteiger partial charge in [-0.25, -0.2) is 22.3 Å². The Morgan fingerprint density at radius 2 is 1.83 bits per heavy atom. The number of carbonyl (C=O) groups is 2. The van der Waals surface area contributed by atoms with Crippen LogP contribution in [-0.2, 0) is 14.8 Å². The van der Waals surface area contributed by atoms with Crippen molar-refractivity contribution in [3.05, 3.63) is 59.2 Å². The van der Waals surface area contributed by atoms with Gasteiger partial charge in [0.15, 0.2) is 0 Å². The van der Waals surface area contributed by atoms with Crippen molar-refractivity contribution in [3.8, 4) is 0 Å². The fraction of sp³-hybridized carbons (Fsp3) is 0.300. The van der Waals surface area contributed by atoms with E-state index in [9.17, 15) is 18.0 Å². The fourth-order valence-electron chi connectivity index (χ4n) is 3.26. The summed E-state index contributed by atoms with van der Waals surface area (Å²) in [6.45, 7) is 5.29. The summed E-state index contributed by atoms with van der Waals surface area (Å²) >= 11 is 0. The van der Waals surface area contributed by atoms with Gasteiger partial charge in [0.2, 0.25) is 0 Å². The molecule has 1 aliphatic heterocycles. The average molecular weight is 417 g/mol. The highest BCUT2D eigenvalue weighted by Crippen LogP contribution is 2.30. The average Bonchev–Trinajstić information content (AvgIpc) is 3.08. The van der Waals surface area contributed by atoms with Crippen molar-refractivity contribution in [3.63, 3.8) is 0 Å². The second-order valence-corrected chi connectivity index (χ2v) is 8.59. The Labute approximate surface area is 169 Å². The number of urea groups is 1. The minimum absolute atomic E-state index is 0.00605. The zero-order chi connectivity index (χ0) is 21.2. The molecule has 0 saturated carbocycles. The van der Waals surface area contributed by atoms with Crippen LogP contribution in [0, 0.1) is 13.8 Å². The summed E-state index contributed by atoms with van der Waals surface area (Å²) in [6, 6.07) is 11.0. The predicted molar refractivity (Wildman–Crippen MR) is 108 cm³/mol. The van der Waals surface area contributed by atoms with Gasteiger partial charge >= 0.3 is 12.1 Å². The number of sulfonamides is 1. The zero-order valence-corrected chi connectivity index (χ0v) is 17.2. The summed E-state index contributed by atoms with van der Waals surface area (Å²) < 4.78 is 31.9. The molecule has 154 valence electrons. The van der Waals surface area contributed by atoms with Crippen molar-refractivity contribution in [2.45, 2.75) is 31.7 Å². The van der Waals surface area contributed by atoms with Gasteiger partial charge in [0.05, 0.1) is 24.1 Å². The minimum Gasteiger partial charge on any atom is -0.450 e. The SMILES string of the molecule is CCOC(=O)Nc1c(C)cc(S(=O)(=O)N2C[C@H](c3ccccc3)NC2=O)cc1C. The standard InChI is InChI=1S/C20H23N3O5S/c1-4-28-20(25)22-18-13(2)10-16(11-14(18)3)29(26,27)23-12-17(21-19(23)24)15-8-6-5-7-9-15/h5-11,17H,4,12H2,1-3H3,(H,21,24)(H,22,25)/t17-/m1/s1. The van der Waals surface area contributed by atoms with E-state index in [-0.39, 0.29) is 18.0 Å². The van der Waals surface area contributed by atoms with E-state index in [4.69, 9.17) is 4.74 Å². The van der Waals surface area contributed by atoms with E-state index < -0.39 is 28.2 Å². The highest BCUT2D eigenvalue weighted by atomic mass is 32.2. The van der Waals surface area contributed by atoms with E-state index in [0.717, 1.165) is 9.87 Å². The van der Waals surface area contributed by atoms with Gasteiger partial charge in [0, 0.05) is 5.69 Å². The van der Waals surface area contributed by atoms with Crippen molar-refractivity contribution in [2.24, 2.45) is 0 Å². The molecule has 2 aromatic rings. The Morgan fingerprint density at radius 3 is 2.41 bits per heavy atom. The quantitative estimate of drug-likeness (QED) is 0.776. The number of hydrogen-bond acceptors (Lipinski definition) is 5. The van der Waals surface area contributed by atoms with E-state index in [1.54, 1.807) is 20.8 Å². The minimum atomic E-state index is -4.05. The summed E-state index contributed by atoms with van der Waals surface area (Å²) in [5, 5.41) is 5.33. The number of benzene rings is 2. The van der Waals surface area contributed by atoms with E-state index in [0.29, 0.717) is 16.8 Å². The van der Waals surface area contributed by atoms with Crippen LogP contribution in [0.3, 0.4) is 0 Å². The number of nitrogens with one attached hydrogen (secondary N) is 2. The van der Waals surface area contributed by atoms with Gasteiger partial charge in [-0.15, -0.1) is 0 Å². The van der Waals surface area contributed by atoms with Gasteiger partial charge < -0.3 is 10.1 Å². The summed E-state index contributed by atoms with van der Waals surface area (Å²) in [5.41, 5.74) is 2.42. The van der Waals surface area contributed by atoms with Gasteiger partial charge in [0.1, 0.15) is 0 Å². The maximum absolute atomic E-state index is 13.1. The van der Waals surface area contributed by atoms with Crippen molar-refractivity contribution in [1.82, 2.24) is 9.62 Å². The lowest BCUT2D eigenvalue weighted by Crippen LogP contribution is -2.34. The molecule has 29 heavy (non-hydrogen) atoms. The molecule has 0 spiro atoms. The van der Waals surface area contributed by atoms with E-state index >= 15 is 0 Å². The predicted octanol–water partition coefficient (Wildman–Crippen LogP) is 3.33. The molecule has 8 nitrogen and oxygen atoms in total. The smallest absolute Gasteiger partial charge is 0.411 e. The fourth-order valence-corrected chi connectivity index (χ4v) is 4.79. The highest BCUT2D eigenvalue weighted by molar-refractivity contribution is 7.89. The van der Waals surface area contributed by atoms with Crippen molar-refractivity contribution in [2.75, 3.05) is 18.5 Å². The van der Waals surface area contributed by atoms with Crippen molar-refractivity contribution < 1.29 is 22.7 Å². The van der Waals surface area contributed by atoms with E-state index in [1.165, 1.54) is 12.1 Å². The molecule has 0 aliphatic carbocycles. The first-order valence-electron chi connectivity index (χ1n) is 9.17.